The number of hydrogen-bond acceptors (Lipinski definition) is 3. The second kappa shape index (κ2) is 5.99. The van der Waals surface area contributed by atoms with Crippen LogP contribution < -0.4 is 10.6 Å². The van der Waals surface area contributed by atoms with Gasteiger partial charge in [0.05, 0.1) is 17.6 Å². The SMILES string of the molecule is Cc1nnccc1NC(=O)NC1CC(C)CC(C)C1. The van der Waals surface area contributed by atoms with Gasteiger partial charge in [-0.15, -0.1) is 0 Å². The average molecular weight is 262 g/mol. The van der Waals surface area contributed by atoms with Gasteiger partial charge in [-0.1, -0.05) is 13.8 Å². The first-order chi connectivity index (χ1) is 9.04. The first-order valence-corrected chi connectivity index (χ1v) is 6.90. The molecule has 0 aliphatic heterocycles. The molecule has 2 amide bonds. The molecule has 0 bridgehead atoms. The van der Waals surface area contributed by atoms with Gasteiger partial charge in [-0.05, 0) is 44.1 Å². The van der Waals surface area contributed by atoms with Crippen molar-refractivity contribution in [2.24, 2.45) is 11.8 Å². The molecule has 2 N–H and O–H groups in total. The minimum Gasteiger partial charge on any atom is -0.335 e. The van der Waals surface area contributed by atoms with E-state index in [0.717, 1.165) is 18.5 Å². The third-order valence-electron chi connectivity index (χ3n) is 3.67. The average Bonchev–Trinajstić information content (AvgIpc) is 2.30. The summed E-state index contributed by atoms with van der Waals surface area (Å²) in [4.78, 5) is 12.0. The number of rotatable bonds is 2. The quantitative estimate of drug-likeness (QED) is 0.861. The fourth-order valence-corrected chi connectivity index (χ4v) is 2.94. The Morgan fingerprint density at radius 2 is 1.95 bits per heavy atom. The second-order valence-corrected chi connectivity index (χ2v) is 5.74. The molecule has 19 heavy (non-hydrogen) atoms. The van der Waals surface area contributed by atoms with Crippen LogP contribution in [0.25, 0.3) is 0 Å². The van der Waals surface area contributed by atoms with Crippen molar-refractivity contribution < 1.29 is 4.79 Å². The molecule has 5 heteroatoms. The van der Waals surface area contributed by atoms with Crippen LogP contribution in [-0.4, -0.2) is 22.3 Å². The molecule has 1 aromatic heterocycles. The molecule has 0 saturated heterocycles. The summed E-state index contributed by atoms with van der Waals surface area (Å²) in [5, 5.41) is 13.6. The van der Waals surface area contributed by atoms with Crippen molar-refractivity contribution in [2.75, 3.05) is 5.32 Å². The van der Waals surface area contributed by atoms with E-state index in [4.69, 9.17) is 0 Å². The molecule has 2 unspecified atom stereocenters. The highest BCUT2D eigenvalue weighted by molar-refractivity contribution is 5.89. The van der Waals surface area contributed by atoms with E-state index in [1.165, 1.54) is 6.42 Å². The predicted octanol–water partition coefficient (Wildman–Crippen LogP) is 2.73. The van der Waals surface area contributed by atoms with Crippen LogP contribution in [0.1, 0.15) is 38.8 Å². The number of urea groups is 1. The molecule has 5 nitrogen and oxygen atoms in total. The normalized spacial score (nSPS) is 26.8. The number of hydrogen-bond donors (Lipinski definition) is 2. The van der Waals surface area contributed by atoms with Gasteiger partial charge in [0.15, 0.2) is 0 Å². The Hall–Kier alpha value is -1.65. The van der Waals surface area contributed by atoms with Crippen LogP contribution in [0.2, 0.25) is 0 Å². The number of aryl methyl sites for hydroxylation is 1. The van der Waals surface area contributed by atoms with Crippen molar-refractivity contribution in [3.05, 3.63) is 18.0 Å². The minimum atomic E-state index is -0.151. The maximum absolute atomic E-state index is 12.0. The number of carbonyl (C=O) groups is 1. The zero-order chi connectivity index (χ0) is 13.8. The van der Waals surface area contributed by atoms with Crippen molar-refractivity contribution in [1.82, 2.24) is 15.5 Å². The molecule has 0 aromatic carbocycles. The monoisotopic (exact) mass is 262 g/mol. The molecule has 1 aromatic rings. The molecule has 104 valence electrons. The van der Waals surface area contributed by atoms with Gasteiger partial charge in [0, 0.05) is 6.04 Å². The first-order valence-electron chi connectivity index (χ1n) is 6.90. The molecule has 0 radical (unpaired) electrons. The van der Waals surface area contributed by atoms with Gasteiger partial charge in [0.1, 0.15) is 0 Å². The van der Waals surface area contributed by atoms with Crippen molar-refractivity contribution in [1.29, 1.82) is 0 Å². The van der Waals surface area contributed by atoms with E-state index in [-0.39, 0.29) is 12.1 Å². The Labute approximate surface area is 114 Å². The summed E-state index contributed by atoms with van der Waals surface area (Å²) in [6.45, 7) is 6.33. The highest BCUT2D eigenvalue weighted by atomic mass is 16.2. The van der Waals surface area contributed by atoms with Crippen LogP contribution in [0.5, 0.6) is 0 Å². The molecule has 1 aliphatic carbocycles. The summed E-state index contributed by atoms with van der Waals surface area (Å²) >= 11 is 0. The molecule has 1 fully saturated rings. The summed E-state index contributed by atoms with van der Waals surface area (Å²) in [6, 6.07) is 1.88. The maximum atomic E-state index is 12.0. The lowest BCUT2D eigenvalue weighted by Crippen LogP contribution is -2.42. The van der Waals surface area contributed by atoms with Crippen LogP contribution in [0, 0.1) is 18.8 Å². The van der Waals surface area contributed by atoms with Gasteiger partial charge in [-0.2, -0.15) is 10.2 Å². The van der Waals surface area contributed by atoms with Gasteiger partial charge in [-0.25, -0.2) is 4.79 Å². The Morgan fingerprint density at radius 1 is 1.26 bits per heavy atom. The zero-order valence-electron chi connectivity index (χ0n) is 11.8. The maximum Gasteiger partial charge on any atom is 0.319 e. The van der Waals surface area contributed by atoms with Crippen LogP contribution >= 0.6 is 0 Å². The lowest BCUT2D eigenvalue weighted by Gasteiger charge is -2.31. The Morgan fingerprint density at radius 3 is 2.58 bits per heavy atom. The number of carbonyl (C=O) groups excluding carboxylic acids is 1. The predicted molar refractivity (Wildman–Crippen MR) is 74.9 cm³/mol. The molecule has 1 aliphatic rings. The van der Waals surface area contributed by atoms with Crippen molar-refractivity contribution in [2.45, 2.75) is 46.1 Å². The number of anilines is 1. The van der Waals surface area contributed by atoms with Gasteiger partial charge >= 0.3 is 6.03 Å². The minimum absolute atomic E-state index is 0.151. The van der Waals surface area contributed by atoms with Gasteiger partial charge in [0.2, 0.25) is 0 Å². The molecule has 0 spiro atoms. The number of nitrogens with zero attached hydrogens (tertiary/aromatic N) is 2. The van der Waals surface area contributed by atoms with Crippen molar-refractivity contribution >= 4 is 11.7 Å². The fraction of sp³-hybridized carbons (Fsp3) is 0.643. The Bertz CT molecular complexity index is 439. The topological polar surface area (TPSA) is 66.9 Å². The van der Waals surface area contributed by atoms with E-state index in [1.54, 1.807) is 12.3 Å². The zero-order valence-corrected chi connectivity index (χ0v) is 11.8. The van der Waals surface area contributed by atoms with Gasteiger partial charge in [0.25, 0.3) is 0 Å². The molecule has 1 heterocycles. The summed E-state index contributed by atoms with van der Waals surface area (Å²) in [5.74, 6) is 1.36. The highest BCUT2D eigenvalue weighted by Gasteiger charge is 2.25. The smallest absolute Gasteiger partial charge is 0.319 e. The molecule has 2 rings (SSSR count). The molecule has 2 atom stereocenters. The summed E-state index contributed by atoms with van der Waals surface area (Å²) in [5.41, 5.74) is 1.44. The number of aromatic nitrogens is 2. The lowest BCUT2D eigenvalue weighted by molar-refractivity contribution is 0.222. The second-order valence-electron chi connectivity index (χ2n) is 5.74. The highest BCUT2D eigenvalue weighted by Crippen LogP contribution is 2.28. The van der Waals surface area contributed by atoms with Crippen LogP contribution in [-0.2, 0) is 0 Å². The van der Waals surface area contributed by atoms with E-state index in [0.29, 0.717) is 17.5 Å². The molecule has 1 saturated carbocycles. The van der Waals surface area contributed by atoms with Crippen molar-refractivity contribution in [3.8, 4) is 0 Å². The first kappa shape index (κ1) is 13.8. The summed E-state index contributed by atoms with van der Waals surface area (Å²) in [7, 11) is 0. The van der Waals surface area contributed by atoms with Gasteiger partial charge < -0.3 is 10.6 Å². The van der Waals surface area contributed by atoms with Gasteiger partial charge in [-0.3, -0.25) is 0 Å². The molecular weight excluding hydrogens is 240 g/mol. The molecular formula is C14H22N4O. The van der Waals surface area contributed by atoms with E-state index >= 15 is 0 Å². The third kappa shape index (κ3) is 3.91. The lowest BCUT2D eigenvalue weighted by atomic mass is 9.80. The van der Waals surface area contributed by atoms with E-state index in [2.05, 4.69) is 34.7 Å². The van der Waals surface area contributed by atoms with E-state index in [1.807, 2.05) is 6.92 Å². The summed E-state index contributed by atoms with van der Waals surface area (Å²) < 4.78 is 0. The van der Waals surface area contributed by atoms with Crippen molar-refractivity contribution in [3.63, 3.8) is 0 Å². The summed E-state index contributed by atoms with van der Waals surface area (Å²) in [6.07, 6.45) is 4.96. The fourth-order valence-electron chi connectivity index (χ4n) is 2.94. The largest absolute Gasteiger partial charge is 0.335 e. The number of nitrogens with one attached hydrogen (secondary N) is 2. The number of amides is 2. The Kier molecular flexibility index (Phi) is 4.35. The van der Waals surface area contributed by atoms with Crippen LogP contribution in [0.15, 0.2) is 12.3 Å². The van der Waals surface area contributed by atoms with E-state index < -0.39 is 0 Å². The van der Waals surface area contributed by atoms with Crippen LogP contribution in [0.4, 0.5) is 10.5 Å². The Balaban J connectivity index is 1.89. The standard InChI is InChI=1S/C14H22N4O/c1-9-6-10(2)8-12(7-9)16-14(19)17-13-4-5-15-18-11(13)3/h4-5,9-10,12H,6-8H2,1-3H3,(H2,15,16,17,19). The van der Waals surface area contributed by atoms with E-state index in [9.17, 15) is 4.79 Å². The van der Waals surface area contributed by atoms with Crippen LogP contribution in [0.3, 0.4) is 0 Å². The third-order valence-corrected chi connectivity index (χ3v) is 3.67.